The first-order valence-corrected chi connectivity index (χ1v) is 10.4. The van der Waals surface area contributed by atoms with Crippen molar-refractivity contribution in [2.24, 2.45) is 5.92 Å². The Labute approximate surface area is 154 Å². The lowest BCUT2D eigenvalue weighted by molar-refractivity contribution is 0.0280. The van der Waals surface area contributed by atoms with E-state index in [1.54, 1.807) is 25.1 Å². The fourth-order valence-electron chi connectivity index (χ4n) is 3.83. The lowest BCUT2D eigenvalue weighted by Crippen LogP contribution is -2.41. The van der Waals surface area contributed by atoms with Gasteiger partial charge in [0.2, 0.25) is 10.0 Å². The molecule has 1 heterocycles. The maximum atomic E-state index is 13.0. The monoisotopic (exact) mass is 373 g/mol. The second-order valence-corrected chi connectivity index (χ2v) is 8.90. The van der Waals surface area contributed by atoms with Crippen LogP contribution in [-0.4, -0.2) is 26.2 Å². The molecule has 26 heavy (non-hydrogen) atoms. The molecule has 4 rings (SSSR count). The number of fused-ring (bicyclic) bond motifs is 1. The van der Waals surface area contributed by atoms with Gasteiger partial charge in [-0.3, -0.25) is 0 Å². The average molecular weight is 373 g/mol. The van der Waals surface area contributed by atoms with Crippen LogP contribution in [-0.2, 0) is 16.4 Å². The molecule has 2 aromatic carbocycles. The molecule has 5 nitrogen and oxygen atoms in total. The molecule has 0 bridgehead atoms. The van der Waals surface area contributed by atoms with Crippen LogP contribution in [0.15, 0.2) is 47.4 Å². The molecule has 0 saturated heterocycles. The summed E-state index contributed by atoms with van der Waals surface area (Å²) in [5.74, 6) is 0.965. The van der Waals surface area contributed by atoms with Gasteiger partial charge in [-0.1, -0.05) is 30.3 Å². The summed E-state index contributed by atoms with van der Waals surface area (Å²) in [6.07, 6.45) is 1.71. The predicted octanol–water partition coefficient (Wildman–Crippen LogP) is 2.72. The summed E-state index contributed by atoms with van der Waals surface area (Å²) >= 11 is 0. The van der Waals surface area contributed by atoms with E-state index in [9.17, 15) is 13.5 Å². The third-order valence-corrected chi connectivity index (χ3v) is 6.96. The van der Waals surface area contributed by atoms with Gasteiger partial charge in [-0.25, -0.2) is 13.1 Å². The van der Waals surface area contributed by atoms with Crippen LogP contribution in [0.25, 0.3) is 0 Å². The van der Waals surface area contributed by atoms with Crippen molar-refractivity contribution in [1.82, 2.24) is 4.72 Å². The number of nitrogens with one attached hydrogen (secondary N) is 1. The molecule has 2 aliphatic rings. The number of benzene rings is 2. The third kappa shape index (κ3) is 3.24. The molecule has 2 N–H and O–H groups in total. The fraction of sp³-hybridized carbons (Fsp3) is 0.400. The molecule has 6 heteroatoms. The normalized spacial score (nSPS) is 23.0. The topological polar surface area (TPSA) is 75.6 Å². The number of sulfonamides is 1. The van der Waals surface area contributed by atoms with Gasteiger partial charge in [-0.2, -0.15) is 0 Å². The van der Waals surface area contributed by atoms with E-state index in [0.29, 0.717) is 24.3 Å². The summed E-state index contributed by atoms with van der Waals surface area (Å²) in [6, 6.07) is 12.5. The van der Waals surface area contributed by atoms with Crippen LogP contribution in [0.1, 0.15) is 35.6 Å². The van der Waals surface area contributed by atoms with Crippen LogP contribution in [0.2, 0.25) is 0 Å². The molecule has 1 saturated carbocycles. The van der Waals surface area contributed by atoms with E-state index in [0.717, 1.165) is 28.9 Å². The Bertz CT molecular complexity index is 919. The van der Waals surface area contributed by atoms with Crippen LogP contribution in [0.5, 0.6) is 5.75 Å². The molecule has 0 spiro atoms. The van der Waals surface area contributed by atoms with Crippen molar-refractivity contribution in [3.63, 3.8) is 0 Å². The molecule has 1 aliphatic carbocycles. The Morgan fingerprint density at radius 3 is 2.69 bits per heavy atom. The highest BCUT2D eigenvalue weighted by Gasteiger charge is 2.37. The maximum absolute atomic E-state index is 13.0. The summed E-state index contributed by atoms with van der Waals surface area (Å²) in [5, 5.41) is 9.73. The first kappa shape index (κ1) is 17.5. The zero-order valence-electron chi connectivity index (χ0n) is 14.7. The molecule has 0 radical (unpaired) electrons. The van der Waals surface area contributed by atoms with Gasteiger partial charge in [0.05, 0.1) is 17.6 Å². The highest BCUT2D eigenvalue weighted by molar-refractivity contribution is 7.89. The molecule has 1 aliphatic heterocycles. The van der Waals surface area contributed by atoms with Gasteiger partial charge < -0.3 is 9.84 Å². The van der Waals surface area contributed by atoms with Crippen molar-refractivity contribution < 1.29 is 18.3 Å². The predicted molar refractivity (Wildman–Crippen MR) is 98.6 cm³/mol. The number of hydrogen-bond donors (Lipinski definition) is 2. The second kappa shape index (κ2) is 6.68. The van der Waals surface area contributed by atoms with Crippen molar-refractivity contribution in [2.75, 3.05) is 6.61 Å². The van der Waals surface area contributed by atoms with E-state index in [1.165, 1.54) is 0 Å². The van der Waals surface area contributed by atoms with Crippen LogP contribution < -0.4 is 9.46 Å². The van der Waals surface area contributed by atoms with E-state index >= 15 is 0 Å². The smallest absolute Gasteiger partial charge is 0.241 e. The minimum atomic E-state index is -3.65. The van der Waals surface area contributed by atoms with Crippen molar-refractivity contribution in [1.29, 1.82) is 0 Å². The van der Waals surface area contributed by atoms with Gasteiger partial charge in [0.25, 0.3) is 0 Å². The number of aryl methyl sites for hydroxylation is 1. The van der Waals surface area contributed by atoms with Gasteiger partial charge >= 0.3 is 0 Å². The largest absolute Gasteiger partial charge is 0.493 e. The first-order valence-electron chi connectivity index (χ1n) is 8.96. The van der Waals surface area contributed by atoms with Crippen LogP contribution in [0, 0.1) is 12.8 Å². The maximum Gasteiger partial charge on any atom is 0.241 e. The molecular formula is C20H23NO4S. The van der Waals surface area contributed by atoms with Gasteiger partial charge in [0.15, 0.2) is 0 Å². The summed E-state index contributed by atoms with van der Waals surface area (Å²) in [7, 11) is -3.65. The standard InChI is InChI=1S/C20H23NO4S/c1-13-4-2-3-5-19(13)26(23,24)21-20(16-11-17(22)12-16)15-6-7-18-14(10-15)8-9-25-18/h2-7,10,16-17,20-22H,8-9,11-12H2,1H3/t16?,17?,20-/m1/s1. The molecule has 2 aromatic rings. The minimum absolute atomic E-state index is 0.0872. The van der Waals surface area contributed by atoms with Crippen LogP contribution in [0.3, 0.4) is 0 Å². The molecular weight excluding hydrogens is 350 g/mol. The van der Waals surface area contributed by atoms with Gasteiger partial charge in [0, 0.05) is 12.5 Å². The van der Waals surface area contributed by atoms with E-state index in [-0.39, 0.29) is 18.1 Å². The Kier molecular flexibility index (Phi) is 4.50. The quantitative estimate of drug-likeness (QED) is 0.845. The zero-order valence-corrected chi connectivity index (χ0v) is 15.5. The van der Waals surface area contributed by atoms with E-state index < -0.39 is 10.0 Å². The number of aliphatic hydroxyl groups is 1. The Balaban J connectivity index is 1.67. The zero-order chi connectivity index (χ0) is 18.3. The van der Waals surface area contributed by atoms with E-state index in [1.807, 2.05) is 24.3 Å². The number of ether oxygens (including phenoxy) is 1. The minimum Gasteiger partial charge on any atom is -0.493 e. The SMILES string of the molecule is Cc1ccccc1S(=O)(=O)N[C@H](c1ccc2c(c1)CCO2)C1CC(O)C1. The summed E-state index contributed by atoms with van der Waals surface area (Å²) in [5.41, 5.74) is 2.76. The number of rotatable bonds is 5. The molecule has 1 atom stereocenters. The fourth-order valence-corrected chi connectivity index (χ4v) is 5.37. The number of hydrogen-bond acceptors (Lipinski definition) is 4. The van der Waals surface area contributed by atoms with Crippen LogP contribution in [0.4, 0.5) is 0 Å². The van der Waals surface area contributed by atoms with Crippen molar-refractivity contribution in [3.8, 4) is 5.75 Å². The van der Waals surface area contributed by atoms with Crippen molar-refractivity contribution >= 4 is 10.0 Å². The third-order valence-electron chi connectivity index (χ3n) is 5.36. The molecule has 0 unspecified atom stereocenters. The summed E-state index contributed by atoms with van der Waals surface area (Å²) in [6.45, 7) is 2.46. The number of aliphatic hydroxyl groups excluding tert-OH is 1. The lowest BCUT2D eigenvalue weighted by atomic mass is 9.75. The van der Waals surface area contributed by atoms with Crippen LogP contribution >= 0.6 is 0 Å². The lowest BCUT2D eigenvalue weighted by Gasteiger charge is -2.38. The molecule has 138 valence electrons. The van der Waals surface area contributed by atoms with E-state index in [2.05, 4.69) is 4.72 Å². The van der Waals surface area contributed by atoms with Gasteiger partial charge in [-0.15, -0.1) is 0 Å². The van der Waals surface area contributed by atoms with Gasteiger partial charge in [0.1, 0.15) is 5.75 Å². The van der Waals surface area contributed by atoms with Crippen molar-refractivity contribution in [3.05, 3.63) is 59.2 Å². The Morgan fingerprint density at radius 1 is 1.19 bits per heavy atom. The first-order chi connectivity index (χ1) is 12.4. The molecule has 0 amide bonds. The second-order valence-electron chi connectivity index (χ2n) is 7.22. The molecule has 1 fully saturated rings. The summed E-state index contributed by atoms with van der Waals surface area (Å²) in [4.78, 5) is 0.300. The van der Waals surface area contributed by atoms with Crippen molar-refractivity contribution in [2.45, 2.75) is 43.2 Å². The Hall–Kier alpha value is -1.89. The van der Waals surface area contributed by atoms with Gasteiger partial charge in [-0.05, 0) is 54.5 Å². The average Bonchev–Trinajstić information content (AvgIpc) is 3.05. The van der Waals surface area contributed by atoms with E-state index in [4.69, 9.17) is 4.74 Å². The highest BCUT2D eigenvalue weighted by Crippen LogP contribution is 2.40. The highest BCUT2D eigenvalue weighted by atomic mass is 32.2. The Morgan fingerprint density at radius 2 is 1.96 bits per heavy atom. The summed E-state index contributed by atoms with van der Waals surface area (Å²) < 4.78 is 34.5. The molecule has 0 aromatic heterocycles.